The Labute approximate surface area is 125 Å². The smallest absolute Gasteiger partial charge is 0.238 e. The summed E-state index contributed by atoms with van der Waals surface area (Å²) in [6.45, 7) is 1.44. The van der Waals surface area contributed by atoms with E-state index in [1.807, 2.05) is 0 Å². The molecule has 0 aliphatic carbocycles. The molecular weight excluding hydrogens is 284 g/mol. The first-order valence-electron chi connectivity index (χ1n) is 5.92. The lowest BCUT2D eigenvalue weighted by molar-refractivity contribution is -0.115. The van der Waals surface area contributed by atoms with Gasteiger partial charge in [0, 0.05) is 25.4 Å². The number of carbonyl (C=O) groups excluding carboxylic acids is 1. The van der Waals surface area contributed by atoms with Crippen LogP contribution in [0.1, 0.15) is 0 Å². The minimum absolute atomic E-state index is 0. The van der Waals surface area contributed by atoms with Gasteiger partial charge in [0.15, 0.2) is 11.5 Å². The summed E-state index contributed by atoms with van der Waals surface area (Å²) in [5.74, 6) is 1.08. The number of amides is 1. The maximum Gasteiger partial charge on any atom is 0.238 e. The maximum absolute atomic E-state index is 11.6. The Kier molecular flexibility index (Phi) is 9.53. The Bertz CT molecular complexity index is 415. The standard InChI is InChI=1S/C13H20N2O4.ClH/c1-17-7-6-14-9-13(16)15-10-4-5-11(18-2)12(8-10)19-3;/h4-5,8,14H,6-7,9H2,1-3H3,(H,15,16);1H. The molecule has 0 bridgehead atoms. The van der Waals surface area contributed by atoms with Crippen LogP contribution in [0.5, 0.6) is 11.5 Å². The highest BCUT2D eigenvalue weighted by Crippen LogP contribution is 2.29. The van der Waals surface area contributed by atoms with Gasteiger partial charge in [0.05, 0.1) is 27.4 Å². The van der Waals surface area contributed by atoms with Crippen molar-refractivity contribution in [2.75, 3.05) is 46.3 Å². The zero-order chi connectivity index (χ0) is 14.1. The predicted molar refractivity (Wildman–Crippen MR) is 80.2 cm³/mol. The number of benzene rings is 1. The van der Waals surface area contributed by atoms with Gasteiger partial charge >= 0.3 is 0 Å². The number of anilines is 1. The molecule has 0 saturated carbocycles. The molecule has 0 aliphatic rings. The van der Waals surface area contributed by atoms with Crippen LogP contribution in [0.2, 0.25) is 0 Å². The number of halogens is 1. The molecule has 0 unspecified atom stereocenters. The molecule has 1 aromatic rings. The van der Waals surface area contributed by atoms with E-state index in [4.69, 9.17) is 14.2 Å². The molecule has 0 heterocycles. The molecule has 1 rings (SSSR count). The van der Waals surface area contributed by atoms with E-state index >= 15 is 0 Å². The topological polar surface area (TPSA) is 68.8 Å². The number of nitrogens with one attached hydrogen (secondary N) is 2. The average molecular weight is 305 g/mol. The molecule has 0 fully saturated rings. The molecule has 20 heavy (non-hydrogen) atoms. The highest BCUT2D eigenvalue weighted by Gasteiger charge is 2.06. The van der Waals surface area contributed by atoms with Crippen LogP contribution < -0.4 is 20.1 Å². The number of ether oxygens (including phenoxy) is 3. The molecule has 0 aromatic heterocycles. The fourth-order valence-corrected chi connectivity index (χ4v) is 1.50. The summed E-state index contributed by atoms with van der Waals surface area (Å²) >= 11 is 0. The zero-order valence-corrected chi connectivity index (χ0v) is 12.7. The van der Waals surface area contributed by atoms with Gasteiger partial charge in [-0.25, -0.2) is 0 Å². The summed E-state index contributed by atoms with van der Waals surface area (Å²) in [6.07, 6.45) is 0. The van der Waals surface area contributed by atoms with Gasteiger partial charge in [-0.3, -0.25) is 4.79 Å². The lowest BCUT2D eigenvalue weighted by atomic mass is 10.2. The van der Waals surface area contributed by atoms with Crippen molar-refractivity contribution in [2.24, 2.45) is 0 Å². The number of carbonyl (C=O) groups is 1. The minimum Gasteiger partial charge on any atom is -0.493 e. The summed E-state index contributed by atoms with van der Waals surface area (Å²) in [4.78, 5) is 11.6. The van der Waals surface area contributed by atoms with Gasteiger partial charge in [0.2, 0.25) is 5.91 Å². The van der Waals surface area contributed by atoms with Crippen molar-refractivity contribution in [3.63, 3.8) is 0 Å². The van der Waals surface area contributed by atoms with Crippen LogP contribution in [0.15, 0.2) is 18.2 Å². The van der Waals surface area contributed by atoms with Crippen molar-refractivity contribution in [2.45, 2.75) is 0 Å². The van der Waals surface area contributed by atoms with E-state index in [2.05, 4.69) is 10.6 Å². The lowest BCUT2D eigenvalue weighted by Crippen LogP contribution is -2.30. The quantitative estimate of drug-likeness (QED) is 0.709. The molecule has 2 N–H and O–H groups in total. The van der Waals surface area contributed by atoms with Crippen molar-refractivity contribution in [1.82, 2.24) is 5.32 Å². The molecule has 0 atom stereocenters. The van der Waals surface area contributed by atoms with Crippen molar-refractivity contribution in [3.05, 3.63) is 18.2 Å². The molecule has 0 radical (unpaired) electrons. The Hall–Kier alpha value is -1.50. The number of rotatable bonds is 8. The third-order valence-electron chi connectivity index (χ3n) is 2.44. The predicted octanol–water partition coefficient (Wildman–Crippen LogP) is 1.30. The van der Waals surface area contributed by atoms with E-state index in [0.717, 1.165) is 0 Å². The molecular formula is C13H21ClN2O4. The van der Waals surface area contributed by atoms with Crippen LogP contribution in [-0.2, 0) is 9.53 Å². The van der Waals surface area contributed by atoms with E-state index in [1.165, 1.54) is 0 Å². The van der Waals surface area contributed by atoms with Crippen molar-refractivity contribution >= 4 is 24.0 Å². The summed E-state index contributed by atoms with van der Waals surface area (Å²) in [5, 5.41) is 5.73. The molecule has 1 aromatic carbocycles. The van der Waals surface area contributed by atoms with E-state index in [9.17, 15) is 4.79 Å². The number of hydrogen-bond donors (Lipinski definition) is 2. The van der Waals surface area contributed by atoms with E-state index < -0.39 is 0 Å². The second-order valence-corrected chi connectivity index (χ2v) is 3.79. The van der Waals surface area contributed by atoms with Gasteiger partial charge in [-0.2, -0.15) is 0 Å². The van der Waals surface area contributed by atoms with Crippen LogP contribution in [0.3, 0.4) is 0 Å². The van der Waals surface area contributed by atoms with E-state index in [1.54, 1.807) is 39.5 Å². The Morgan fingerprint density at radius 1 is 1.15 bits per heavy atom. The van der Waals surface area contributed by atoms with Crippen LogP contribution in [-0.4, -0.2) is 46.9 Å². The van der Waals surface area contributed by atoms with Crippen LogP contribution in [0.25, 0.3) is 0 Å². The second kappa shape index (κ2) is 10.3. The van der Waals surface area contributed by atoms with E-state index in [-0.39, 0.29) is 24.9 Å². The van der Waals surface area contributed by atoms with Gasteiger partial charge in [0.1, 0.15) is 0 Å². The van der Waals surface area contributed by atoms with Crippen LogP contribution >= 0.6 is 12.4 Å². The molecule has 0 saturated heterocycles. The number of methoxy groups -OCH3 is 3. The first-order valence-corrected chi connectivity index (χ1v) is 5.92. The Balaban J connectivity index is 0.00000361. The molecule has 0 aliphatic heterocycles. The zero-order valence-electron chi connectivity index (χ0n) is 11.9. The van der Waals surface area contributed by atoms with Gasteiger partial charge in [-0.15, -0.1) is 12.4 Å². The van der Waals surface area contributed by atoms with Crippen LogP contribution in [0.4, 0.5) is 5.69 Å². The van der Waals surface area contributed by atoms with Crippen molar-refractivity contribution in [1.29, 1.82) is 0 Å². The lowest BCUT2D eigenvalue weighted by Gasteiger charge is -2.10. The first-order chi connectivity index (χ1) is 9.21. The van der Waals surface area contributed by atoms with Crippen LogP contribution in [0, 0.1) is 0 Å². The Morgan fingerprint density at radius 3 is 2.45 bits per heavy atom. The SMILES string of the molecule is COCCNCC(=O)Nc1ccc(OC)c(OC)c1.Cl. The number of hydrogen-bond acceptors (Lipinski definition) is 5. The maximum atomic E-state index is 11.6. The summed E-state index contributed by atoms with van der Waals surface area (Å²) in [7, 11) is 4.73. The Morgan fingerprint density at radius 2 is 1.85 bits per heavy atom. The van der Waals surface area contributed by atoms with Gasteiger partial charge in [0.25, 0.3) is 0 Å². The monoisotopic (exact) mass is 304 g/mol. The molecule has 6 nitrogen and oxygen atoms in total. The second-order valence-electron chi connectivity index (χ2n) is 3.79. The normalized spacial score (nSPS) is 9.55. The van der Waals surface area contributed by atoms with Gasteiger partial charge in [-0.05, 0) is 12.1 Å². The van der Waals surface area contributed by atoms with Gasteiger partial charge in [-0.1, -0.05) is 0 Å². The summed E-state index contributed by atoms with van der Waals surface area (Å²) in [6, 6.07) is 5.22. The van der Waals surface area contributed by atoms with Crippen molar-refractivity contribution < 1.29 is 19.0 Å². The largest absolute Gasteiger partial charge is 0.493 e. The average Bonchev–Trinajstić information content (AvgIpc) is 2.43. The fraction of sp³-hybridized carbons (Fsp3) is 0.462. The third-order valence-corrected chi connectivity index (χ3v) is 2.44. The highest BCUT2D eigenvalue weighted by atomic mass is 35.5. The highest BCUT2D eigenvalue weighted by molar-refractivity contribution is 5.92. The summed E-state index contributed by atoms with van der Waals surface area (Å²) < 4.78 is 15.2. The van der Waals surface area contributed by atoms with E-state index in [0.29, 0.717) is 30.3 Å². The van der Waals surface area contributed by atoms with Gasteiger partial charge < -0.3 is 24.8 Å². The molecule has 1 amide bonds. The molecule has 0 spiro atoms. The first kappa shape index (κ1) is 18.5. The molecule has 114 valence electrons. The fourth-order valence-electron chi connectivity index (χ4n) is 1.50. The minimum atomic E-state index is -0.122. The summed E-state index contributed by atoms with van der Waals surface area (Å²) in [5.41, 5.74) is 0.663. The third kappa shape index (κ3) is 6.10. The molecule has 7 heteroatoms. The van der Waals surface area contributed by atoms with Crippen molar-refractivity contribution in [3.8, 4) is 11.5 Å².